The standard InChI is InChI=1S/C24H28FN3O3/c1-23(2,3)31-22(29)28-12-10-24(4,11-13-28)20-6-5-7-21(27-20)30-16-18-9-8-17(15-26)14-19(18)25/h5-9,14H,10-13,16H2,1-4H3. The molecule has 1 saturated heterocycles. The zero-order chi connectivity index (χ0) is 22.6. The molecule has 0 N–H and O–H groups in total. The van der Waals surface area contributed by atoms with Gasteiger partial charge in [-0.25, -0.2) is 14.2 Å². The second-order valence-electron chi connectivity index (χ2n) is 9.10. The van der Waals surface area contributed by atoms with Crippen molar-refractivity contribution in [1.29, 1.82) is 5.26 Å². The molecule has 0 spiro atoms. The lowest BCUT2D eigenvalue weighted by Crippen LogP contribution is -2.46. The average Bonchev–Trinajstić information content (AvgIpc) is 2.72. The molecule has 164 valence electrons. The first-order valence-electron chi connectivity index (χ1n) is 10.4. The van der Waals surface area contributed by atoms with Crippen LogP contribution in [-0.4, -0.2) is 34.7 Å². The third-order valence-electron chi connectivity index (χ3n) is 5.42. The Morgan fingerprint density at radius 3 is 2.58 bits per heavy atom. The number of hydrogen-bond donors (Lipinski definition) is 0. The Morgan fingerprint density at radius 1 is 1.26 bits per heavy atom. The van der Waals surface area contributed by atoms with Gasteiger partial charge in [0.05, 0.1) is 17.3 Å². The number of nitriles is 1. The predicted octanol–water partition coefficient (Wildman–Crippen LogP) is 4.96. The van der Waals surface area contributed by atoms with Crippen molar-refractivity contribution >= 4 is 6.09 Å². The van der Waals surface area contributed by atoms with Gasteiger partial charge in [0.15, 0.2) is 0 Å². The monoisotopic (exact) mass is 425 g/mol. The Bertz CT molecular complexity index is 986. The van der Waals surface area contributed by atoms with Gasteiger partial charge in [-0.2, -0.15) is 5.26 Å². The third kappa shape index (κ3) is 5.72. The maximum atomic E-state index is 14.1. The van der Waals surface area contributed by atoms with Crippen molar-refractivity contribution in [3.63, 3.8) is 0 Å². The zero-order valence-electron chi connectivity index (χ0n) is 18.4. The summed E-state index contributed by atoms with van der Waals surface area (Å²) in [4.78, 5) is 18.7. The summed E-state index contributed by atoms with van der Waals surface area (Å²) in [6.07, 6.45) is 1.23. The third-order valence-corrected chi connectivity index (χ3v) is 5.42. The summed E-state index contributed by atoms with van der Waals surface area (Å²) < 4.78 is 25.3. The summed E-state index contributed by atoms with van der Waals surface area (Å²) in [5, 5.41) is 8.85. The quantitative estimate of drug-likeness (QED) is 0.692. The Labute approximate surface area is 182 Å². The number of ether oxygens (including phenoxy) is 2. The summed E-state index contributed by atoms with van der Waals surface area (Å²) in [6.45, 7) is 8.92. The Hall–Kier alpha value is -3.14. The number of piperidine rings is 1. The second kappa shape index (κ2) is 8.93. The molecule has 0 aliphatic carbocycles. The lowest BCUT2D eigenvalue weighted by atomic mass is 9.77. The molecule has 1 aliphatic heterocycles. The molecule has 1 amide bonds. The van der Waals surface area contributed by atoms with E-state index in [1.807, 2.05) is 39.0 Å². The fourth-order valence-electron chi connectivity index (χ4n) is 3.48. The van der Waals surface area contributed by atoms with E-state index < -0.39 is 11.4 Å². The summed E-state index contributed by atoms with van der Waals surface area (Å²) in [5.74, 6) is -0.0614. The molecular formula is C24H28FN3O3. The lowest BCUT2D eigenvalue weighted by Gasteiger charge is -2.39. The van der Waals surface area contributed by atoms with Gasteiger partial charge in [0.1, 0.15) is 18.0 Å². The molecule has 31 heavy (non-hydrogen) atoms. The van der Waals surface area contributed by atoms with Gasteiger partial charge in [-0.05, 0) is 51.8 Å². The highest BCUT2D eigenvalue weighted by molar-refractivity contribution is 5.68. The van der Waals surface area contributed by atoms with E-state index in [-0.39, 0.29) is 23.7 Å². The molecular weight excluding hydrogens is 397 g/mol. The van der Waals surface area contributed by atoms with Crippen LogP contribution in [0.4, 0.5) is 9.18 Å². The summed E-state index contributed by atoms with van der Waals surface area (Å²) in [7, 11) is 0. The Morgan fingerprint density at radius 2 is 1.97 bits per heavy atom. The number of carbonyl (C=O) groups is 1. The molecule has 3 rings (SSSR count). The van der Waals surface area contributed by atoms with Crippen LogP contribution in [0.3, 0.4) is 0 Å². The summed E-state index contributed by atoms with van der Waals surface area (Å²) in [5.41, 5.74) is 0.807. The number of pyridine rings is 1. The minimum Gasteiger partial charge on any atom is -0.473 e. The van der Waals surface area contributed by atoms with Gasteiger partial charge in [-0.1, -0.05) is 19.1 Å². The maximum absolute atomic E-state index is 14.1. The number of rotatable bonds is 4. The SMILES string of the molecule is CC(C)(C)OC(=O)N1CCC(C)(c2cccc(OCc3ccc(C#N)cc3F)n2)CC1. The van der Waals surface area contributed by atoms with Gasteiger partial charge in [-0.15, -0.1) is 0 Å². The van der Waals surface area contributed by atoms with Crippen LogP contribution in [0.2, 0.25) is 0 Å². The average molecular weight is 426 g/mol. The van der Waals surface area contributed by atoms with E-state index in [1.165, 1.54) is 6.07 Å². The number of benzene rings is 1. The van der Waals surface area contributed by atoms with Crippen LogP contribution in [0.25, 0.3) is 0 Å². The van der Waals surface area contributed by atoms with Gasteiger partial charge in [0.25, 0.3) is 0 Å². The summed E-state index contributed by atoms with van der Waals surface area (Å²) >= 11 is 0. The molecule has 0 unspecified atom stereocenters. The van der Waals surface area contributed by atoms with Crippen molar-refractivity contribution in [2.24, 2.45) is 0 Å². The largest absolute Gasteiger partial charge is 0.473 e. The highest BCUT2D eigenvalue weighted by Gasteiger charge is 2.36. The molecule has 1 aromatic carbocycles. The maximum Gasteiger partial charge on any atom is 0.410 e. The predicted molar refractivity (Wildman–Crippen MR) is 114 cm³/mol. The van der Waals surface area contributed by atoms with Crippen molar-refractivity contribution in [1.82, 2.24) is 9.88 Å². The highest BCUT2D eigenvalue weighted by Crippen LogP contribution is 2.35. The van der Waals surface area contributed by atoms with Crippen molar-refractivity contribution in [2.75, 3.05) is 13.1 Å². The zero-order valence-corrected chi connectivity index (χ0v) is 18.4. The molecule has 2 heterocycles. The lowest BCUT2D eigenvalue weighted by molar-refractivity contribution is 0.0169. The number of aromatic nitrogens is 1. The van der Waals surface area contributed by atoms with E-state index >= 15 is 0 Å². The molecule has 1 aliphatic rings. The molecule has 1 fully saturated rings. The van der Waals surface area contributed by atoms with Crippen molar-refractivity contribution in [3.8, 4) is 11.9 Å². The second-order valence-corrected chi connectivity index (χ2v) is 9.10. The normalized spacial score (nSPS) is 15.8. The van der Waals surface area contributed by atoms with E-state index in [4.69, 9.17) is 14.7 Å². The number of hydrogen-bond acceptors (Lipinski definition) is 5. The first kappa shape index (κ1) is 22.5. The van der Waals surface area contributed by atoms with Crippen LogP contribution in [0.1, 0.15) is 57.4 Å². The Balaban J connectivity index is 1.63. The van der Waals surface area contributed by atoms with Crippen LogP contribution in [0.15, 0.2) is 36.4 Å². The van der Waals surface area contributed by atoms with Crippen molar-refractivity contribution in [3.05, 3.63) is 59.0 Å². The molecule has 0 saturated carbocycles. The minimum absolute atomic E-state index is 0.0249. The summed E-state index contributed by atoms with van der Waals surface area (Å²) in [6, 6.07) is 11.8. The molecule has 2 aromatic rings. The van der Waals surface area contributed by atoms with Crippen LogP contribution >= 0.6 is 0 Å². The fourth-order valence-corrected chi connectivity index (χ4v) is 3.48. The molecule has 0 atom stereocenters. The fraction of sp³-hybridized carbons (Fsp3) is 0.458. The van der Waals surface area contributed by atoms with E-state index in [0.29, 0.717) is 24.5 Å². The van der Waals surface area contributed by atoms with Gasteiger partial charge < -0.3 is 14.4 Å². The minimum atomic E-state index is -0.514. The molecule has 6 nitrogen and oxygen atoms in total. The van der Waals surface area contributed by atoms with Crippen molar-refractivity contribution in [2.45, 2.75) is 58.2 Å². The Kier molecular flexibility index (Phi) is 6.49. The van der Waals surface area contributed by atoms with Gasteiger partial charge in [-0.3, -0.25) is 0 Å². The van der Waals surface area contributed by atoms with E-state index in [1.54, 1.807) is 23.1 Å². The van der Waals surface area contributed by atoms with Crippen LogP contribution in [-0.2, 0) is 16.8 Å². The van der Waals surface area contributed by atoms with Crippen molar-refractivity contribution < 1.29 is 18.7 Å². The topological polar surface area (TPSA) is 75.4 Å². The highest BCUT2D eigenvalue weighted by atomic mass is 19.1. The van der Waals surface area contributed by atoms with Crippen LogP contribution in [0, 0.1) is 17.1 Å². The van der Waals surface area contributed by atoms with Gasteiger partial charge in [0, 0.05) is 30.1 Å². The van der Waals surface area contributed by atoms with Gasteiger partial charge in [0.2, 0.25) is 5.88 Å². The number of nitrogens with zero attached hydrogens (tertiary/aromatic N) is 3. The number of carbonyl (C=O) groups excluding carboxylic acids is 1. The van der Waals surface area contributed by atoms with E-state index in [9.17, 15) is 9.18 Å². The molecule has 0 radical (unpaired) electrons. The molecule has 0 bridgehead atoms. The number of likely N-dealkylation sites (tertiary alicyclic amines) is 1. The smallest absolute Gasteiger partial charge is 0.410 e. The molecule has 1 aromatic heterocycles. The first-order chi connectivity index (χ1) is 14.6. The first-order valence-corrected chi connectivity index (χ1v) is 10.4. The van der Waals surface area contributed by atoms with E-state index in [2.05, 4.69) is 11.9 Å². The van der Waals surface area contributed by atoms with Crippen LogP contribution in [0.5, 0.6) is 5.88 Å². The van der Waals surface area contributed by atoms with E-state index in [0.717, 1.165) is 18.5 Å². The van der Waals surface area contributed by atoms with Gasteiger partial charge >= 0.3 is 6.09 Å². The van der Waals surface area contributed by atoms with Crippen LogP contribution < -0.4 is 4.74 Å². The molecule has 7 heteroatoms. The number of amides is 1. The number of halogens is 1.